The van der Waals surface area contributed by atoms with E-state index in [0.29, 0.717) is 16.6 Å². The molecule has 1 fully saturated rings. The standard InChI is InChI=1S/C21H20FN3O2S/c22-15-2-4-16(5-3-15)25-13-18(21(23)27)20(26)17-11-14(1-6-19(17)25)12-24-7-9-28-10-8-24/h1-6,11,13H,7-10,12H2,(H2,23,27). The lowest BCUT2D eigenvalue weighted by atomic mass is 10.1. The molecule has 0 unspecified atom stereocenters. The molecular formula is C21H20FN3O2S. The van der Waals surface area contributed by atoms with Crippen LogP contribution in [0, 0.1) is 5.82 Å². The van der Waals surface area contributed by atoms with Crippen molar-refractivity contribution in [2.24, 2.45) is 5.73 Å². The van der Waals surface area contributed by atoms with Gasteiger partial charge in [0, 0.05) is 48.4 Å². The molecule has 1 aromatic heterocycles. The number of amides is 1. The maximum Gasteiger partial charge on any atom is 0.254 e. The smallest absolute Gasteiger partial charge is 0.254 e. The number of halogens is 1. The van der Waals surface area contributed by atoms with Crippen LogP contribution in [-0.4, -0.2) is 40.0 Å². The second-order valence-corrected chi connectivity index (χ2v) is 8.05. The summed E-state index contributed by atoms with van der Waals surface area (Å²) in [5.74, 6) is 1.08. The van der Waals surface area contributed by atoms with Gasteiger partial charge in [-0.05, 0) is 42.0 Å². The minimum absolute atomic E-state index is 0.0802. The Morgan fingerprint density at radius 2 is 1.82 bits per heavy atom. The largest absolute Gasteiger partial charge is 0.365 e. The Bertz CT molecular complexity index is 1090. The molecule has 0 aliphatic carbocycles. The van der Waals surface area contributed by atoms with Gasteiger partial charge in [-0.3, -0.25) is 14.5 Å². The maximum atomic E-state index is 13.3. The number of nitrogens with two attached hydrogens (primary N) is 1. The van der Waals surface area contributed by atoms with Gasteiger partial charge in [-0.2, -0.15) is 11.8 Å². The van der Waals surface area contributed by atoms with E-state index in [1.807, 2.05) is 30.0 Å². The molecule has 28 heavy (non-hydrogen) atoms. The highest BCUT2D eigenvalue weighted by Gasteiger charge is 2.16. The van der Waals surface area contributed by atoms with Crippen LogP contribution in [0.1, 0.15) is 15.9 Å². The predicted octanol–water partition coefficient (Wildman–Crippen LogP) is 2.78. The summed E-state index contributed by atoms with van der Waals surface area (Å²) in [7, 11) is 0. The number of carbonyl (C=O) groups is 1. The number of nitrogens with zero attached hydrogens (tertiary/aromatic N) is 2. The van der Waals surface area contributed by atoms with Crippen LogP contribution in [-0.2, 0) is 6.54 Å². The highest BCUT2D eigenvalue weighted by molar-refractivity contribution is 7.99. The Kier molecular flexibility index (Phi) is 5.19. The summed E-state index contributed by atoms with van der Waals surface area (Å²) >= 11 is 1.95. The molecule has 0 spiro atoms. The van der Waals surface area contributed by atoms with Crippen LogP contribution < -0.4 is 11.2 Å². The fraction of sp³-hybridized carbons (Fsp3) is 0.238. The SMILES string of the molecule is NC(=O)c1cn(-c2ccc(F)cc2)c2ccc(CN3CCSCC3)cc2c1=O. The van der Waals surface area contributed by atoms with Crippen LogP contribution in [0.25, 0.3) is 16.6 Å². The predicted molar refractivity (Wildman–Crippen MR) is 111 cm³/mol. The van der Waals surface area contributed by atoms with E-state index in [0.717, 1.165) is 36.7 Å². The number of hydrogen-bond acceptors (Lipinski definition) is 4. The molecule has 2 heterocycles. The van der Waals surface area contributed by atoms with Crippen molar-refractivity contribution in [2.45, 2.75) is 6.54 Å². The number of fused-ring (bicyclic) bond motifs is 1. The minimum atomic E-state index is -0.777. The third-order valence-corrected chi connectivity index (χ3v) is 5.89. The monoisotopic (exact) mass is 397 g/mol. The highest BCUT2D eigenvalue weighted by atomic mass is 32.2. The lowest BCUT2D eigenvalue weighted by Crippen LogP contribution is -2.32. The number of pyridine rings is 1. The van der Waals surface area contributed by atoms with Crippen molar-refractivity contribution in [1.82, 2.24) is 9.47 Å². The molecule has 3 aromatic rings. The molecule has 1 aliphatic rings. The quantitative estimate of drug-likeness (QED) is 0.735. The van der Waals surface area contributed by atoms with Gasteiger partial charge in [0.2, 0.25) is 5.43 Å². The van der Waals surface area contributed by atoms with Gasteiger partial charge in [-0.25, -0.2) is 4.39 Å². The third-order valence-electron chi connectivity index (χ3n) is 4.95. The van der Waals surface area contributed by atoms with E-state index < -0.39 is 5.91 Å². The van der Waals surface area contributed by atoms with Crippen molar-refractivity contribution in [1.29, 1.82) is 0 Å². The molecule has 1 amide bonds. The summed E-state index contributed by atoms with van der Waals surface area (Å²) in [6, 6.07) is 11.6. The number of aromatic nitrogens is 1. The summed E-state index contributed by atoms with van der Waals surface area (Å²) < 4.78 is 15.0. The van der Waals surface area contributed by atoms with Crippen molar-refractivity contribution in [2.75, 3.05) is 24.6 Å². The molecule has 4 rings (SSSR count). The molecule has 2 aromatic carbocycles. The van der Waals surface area contributed by atoms with Gasteiger partial charge >= 0.3 is 0 Å². The lowest BCUT2D eigenvalue weighted by Gasteiger charge is -2.26. The van der Waals surface area contributed by atoms with E-state index >= 15 is 0 Å². The van der Waals surface area contributed by atoms with Gasteiger partial charge in [0.15, 0.2) is 0 Å². The fourth-order valence-electron chi connectivity index (χ4n) is 3.48. The Hall–Kier alpha value is -2.64. The van der Waals surface area contributed by atoms with E-state index in [1.54, 1.807) is 16.7 Å². The highest BCUT2D eigenvalue weighted by Crippen LogP contribution is 2.21. The van der Waals surface area contributed by atoms with E-state index in [1.165, 1.54) is 18.3 Å². The first-order chi connectivity index (χ1) is 13.5. The minimum Gasteiger partial charge on any atom is -0.365 e. The molecule has 2 N–H and O–H groups in total. The Balaban J connectivity index is 1.85. The van der Waals surface area contributed by atoms with Crippen LogP contribution in [0.4, 0.5) is 4.39 Å². The summed E-state index contributed by atoms with van der Waals surface area (Å²) in [5.41, 5.74) is 7.30. The normalized spacial score (nSPS) is 15.0. The number of primary amides is 1. The number of thioether (sulfide) groups is 1. The van der Waals surface area contributed by atoms with Crippen LogP contribution in [0.15, 0.2) is 53.5 Å². The summed E-state index contributed by atoms with van der Waals surface area (Å²) in [5, 5.41) is 0.435. The zero-order valence-corrected chi connectivity index (χ0v) is 16.0. The molecule has 1 aliphatic heterocycles. The number of benzene rings is 2. The molecule has 5 nitrogen and oxygen atoms in total. The van der Waals surface area contributed by atoms with Crippen molar-refractivity contribution < 1.29 is 9.18 Å². The molecule has 0 saturated carbocycles. The molecule has 1 saturated heterocycles. The van der Waals surface area contributed by atoms with Crippen LogP contribution in [0.3, 0.4) is 0 Å². The molecule has 7 heteroatoms. The van der Waals surface area contributed by atoms with Gasteiger partial charge in [0.1, 0.15) is 11.4 Å². The van der Waals surface area contributed by atoms with E-state index in [2.05, 4.69) is 4.90 Å². The first-order valence-corrected chi connectivity index (χ1v) is 10.2. The first kappa shape index (κ1) is 18.7. The number of hydrogen-bond donors (Lipinski definition) is 1. The van der Waals surface area contributed by atoms with Crippen molar-refractivity contribution in [3.8, 4) is 5.69 Å². The van der Waals surface area contributed by atoms with Gasteiger partial charge in [-0.1, -0.05) is 6.07 Å². The van der Waals surface area contributed by atoms with E-state index in [-0.39, 0.29) is 16.8 Å². The van der Waals surface area contributed by atoms with Gasteiger partial charge in [0.25, 0.3) is 5.91 Å². The van der Waals surface area contributed by atoms with Gasteiger partial charge in [-0.15, -0.1) is 0 Å². The number of carbonyl (C=O) groups excluding carboxylic acids is 1. The van der Waals surface area contributed by atoms with E-state index in [9.17, 15) is 14.0 Å². The summed E-state index contributed by atoms with van der Waals surface area (Å²) in [6.07, 6.45) is 1.43. The second-order valence-electron chi connectivity index (χ2n) is 6.82. The fourth-order valence-corrected chi connectivity index (χ4v) is 4.46. The summed E-state index contributed by atoms with van der Waals surface area (Å²) in [4.78, 5) is 27.1. The van der Waals surface area contributed by atoms with Crippen LogP contribution >= 0.6 is 11.8 Å². The third kappa shape index (κ3) is 3.68. The molecule has 0 radical (unpaired) electrons. The maximum absolute atomic E-state index is 13.3. The average molecular weight is 397 g/mol. The summed E-state index contributed by atoms with van der Waals surface area (Å²) in [6.45, 7) is 2.79. The number of rotatable bonds is 4. The van der Waals surface area contributed by atoms with E-state index in [4.69, 9.17) is 5.73 Å². The van der Waals surface area contributed by atoms with Gasteiger partial charge in [0.05, 0.1) is 5.52 Å². The lowest BCUT2D eigenvalue weighted by molar-refractivity contribution is 0.0999. The first-order valence-electron chi connectivity index (χ1n) is 9.07. The van der Waals surface area contributed by atoms with Gasteiger partial charge < -0.3 is 10.3 Å². The molecular weight excluding hydrogens is 377 g/mol. The Morgan fingerprint density at radius 3 is 2.50 bits per heavy atom. The molecule has 0 bridgehead atoms. The zero-order chi connectivity index (χ0) is 19.7. The Morgan fingerprint density at radius 1 is 1.11 bits per heavy atom. The average Bonchev–Trinajstić information content (AvgIpc) is 2.70. The topological polar surface area (TPSA) is 68.3 Å². The van der Waals surface area contributed by atoms with Crippen molar-refractivity contribution in [3.05, 3.63) is 75.8 Å². The van der Waals surface area contributed by atoms with Crippen molar-refractivity contribution >= 4 is 28.6 Å². The Labute approximate surface area is 165 Å². The van der Waals surface area contributed by atoms with Crippen molar-refractivity contribution in [3.63, 3.8) is 0 Å². The van der Waals surface area contributed by atoms with Crippen LogP contribution in [0.5, 0.6) is 0 Å². The second kappa shape index (κ2) is 7.77. The zero-order valence-electron chi connectivity index (χ0n) is 15.2. The molecule has 0 atom stereocenters. The van der Waals surface area contributed by atoms with Crippen LogP contribution in [0.2, 0.25) is 0 Å². The molecule has 144 valence electrons.